The monoisotopic (exact) mass is 483 g/mol. The molecule has 0 unspecified atom stereocenters. The lowest BCUT2D eigenvalue weighted by Crippen LogP contribution is -2.32. The van der Waals surface area contributed by atoms with E-state index in [0.29, 0.717) is 35.5 Å². The first-order valence-electron chi connectivity index (χ1n) is 11.3. The quantitative estimate of drug-likeness (QED) is 0.576. The minimum Gasteiger partial charge on any atom is -0.454 e. The van der Waals surface area contributed by atoms with Crippen molar-refractivity contribution in [2.75, 3.05) is 19.9 Å². The summed E-state index contributed by atoms with van der Waals surface area (Å²) in [4.78, 5) is 28.0. The molecule has 2 aliphatic heterocycles. The Morgan fingerprint density at radius 2 is 1.74 bits per heavy atom. The SMILES string of the molecule is O=C(NCc1ccc2c(c1)OCO2)c1cc(=O)[nH]c2ccc(S(=O)(=O)N3CCCCCC3)cc12. The second-order valence-electron chi connectivity index (χ2n) is 8.44. The molecule has 2 N–H and O–H groups in total. The van der Waals surface area contributed by atoms with Crippen molar-refractivity contribution in [3.05, 3.63) is 63.9 Å². The third-order valence-corrected chi connectivity index (χ3v) is 8.05. The molecule has 34 heavy (non-hydrogen) atoms. The summed E-state index contributed by atoms with van der Waals surface area (Å²) in [5.41, 5.74) is 0.878. The Labute approximate surface area is 196 Å². The number of nitrogens with zero attached hydrogens (tertiary/aromatic N) is 1. The number of amides is 1. The fourth-order valence-electron chi connectivity index (χ4n) is 4.34. The standard InChI is InChI=1S/C24H25N3O6S/c28-23-13-19(24(29)25-14-16-5-8-21-22(11-16)33-15-32-21)18-12-17(6-7-20(18)26-23)34(30,31)27-9-3-1-2-4-10-27/h5-8,11-13H,1-4,9-10,14-15H2,(H,25,29)(H,26,28). The number of fused-ring (bicyclic) bond motifs is 2. The Bertz CT molecular complexity index is 1410. The highest BCUT2D eigenvalue weighted by molar-refractivity contribution is 7.89. The second kappa shape index (κ2) is 9.11. The van der Waals surface area contributed by atoms with E-state index in [2.05, 4.69) is 10.3 Å². The maximum Gasteiger partial charge on any atom is 0.252 e. The average Bonchev–Trinajstić information content (AvgIpc) is 3.12. The van der Waals surface area contributed by atoms with Gasteiger partial charge < -0.3 is 19.8 Å². The molecule has 0 atom stereocenters. The highest BCUT2D eigenvalue weighted by Crippen LogP contribution is 2.32. The lowest BCUT2D eigenvalue weighted by molar-refractivity contribution is 0.0952. The molecule has 2 aliphatic rings. The molecule has 3 heterocycles. The molecular formula is C24H25N3O6S. The molecular weight excluding hydrogens is 458 g/mol. The van der Waals surface area contributed by atoms with Crippen LogP contribution >= 0.6 is 0 Å². The maximum absolute atomic E-state index is 13.3. The summed E-state index contributed by atoms with van der Waals surface area (Å²) >= 11 is 0. The molecule has 1 fully saturated rings. The summed E-state index contributed by atoms with van der Waals surface area (Å²) in [6.45, 7) is 1.33. The van der Waals surface area contributed by atoms with Gasteiger partial charge in [-0.15, -0.1) is 0 Å². The Balaban J connectivity index is 1.44. The summed E-state index contributed by atoms with van der Waals surface area (Å²) in [7, 11) is -3.71. The van der Waals surface area contributed by atoms with E-state index >= 15 is 0 Å². The highest BCUT2D eigenvalue weighted by atomic mass is 32.2. The van der Waals surface area contributed by atoms with Crippen molar-refractivity contribution in [1.82, 2.24) is 14.6 Å². The number of hydrogen-bond donors (Lipinski definition) is 2. The lowest BCUT2D eigenvalue weighted by atomic mass is 10.1. The zero-order chi connectivity index (χ0) is 23.7. The van der Waals surface area contributed by atoms with Gasteiger partial charge in [-0.25, -0.2) is 8.42 Å². The number of carbonyl (C=O) groups is 1. The van der Waals surface area contributed by atoms with Crippen LogP contribution in [0.25, 0.3) is 10.9 Å². The zero-order valence-electron chi connectivity index (χ0n) is 18.5. The van der Waals surface area contributed by atoms with Gasteiger partial charge in [0.15, 0.2) is 11.5 Å². The topological polar surface area (TPSA) is 118 Å². The fraction of sp³-hybridized carbons (Fsp3) is 0.333. The third-order valence-electron chi connectivity index (χ3n) is 6.15. The van der Waals surface area contributed by atoms with Crippen LogP contribution in [0.5, 0.6) is 11.5 Å². The minimum atomic E-state index is -3.71. The first-order chi connectivity index (χ1) is 16.4. The molecule has 0 saturated carbocycles. The van der Waals surface area contributed by atoms with Gasteiger partial charge in [-0.05, 0) is 48.7 Å². The molecule has 2 aromatic carbocycles. The maximum atomic E-state index is 13.3. The van der Waals surface area contributed by atoms with Gasteiger partial charge in [0, 0.05) is 36.6 Å². The molecule has 0 spiro atoms. The number of H-pyrrole nitrogens is 1. The molecule has 1 saturated heterocycles. The van der Waals surface area contributed by atoms with Gasteiger partial charge in [-0.3, -0.25) is 9.59 Å². The summed E-state index contributed by atoms with van der Waals surface area (Å²) in [5, 5.41) is 3.18. The first-order valence-corrected chi connectivity index (χ1v) is 12.7. The summed E-state index contributed by atoms with van der Waals surface area (Å²) in [5.74, 6) is 0.781. The van der Waals surface area contributed by atoms with Crippen molar-refractivity contribution < 1.29 is 22.7 Å². The Morgan fingerprint density at radius 1 is 0.971 bits per heavy atom. The number of nitrogens with one attached hydrogen (secondary N) is 2. The van der Waals surface area contributed by atoms with E-state index < -0.39 is 21.5 Å². The van der Waals surface area contributed by atoms with Gasteiger partial charge in [-0.2, -0.15) is 4.31 Å². The number of hydrogen-bond acceptors (Lipinski definition) is 6. The van der Waals surface area contributed by atoms with Crippen LogP contribution in [0.3, 0.4) is 0 Å². The number of ether oxygens (including phenoxy) is 2. The Kier molecular flexibility index (Phi) is 6.01. The van der Waals surface area contributed by atoms with Gasteiger partial charge in [0.2, 0.25) is 22.4 Å². The minimum absolute atomic E-state index is 0.110. The summed E-state index contributed by atoms with van der Waals surface area (Å²) < 4.78 is 38.7. The molecule has 1 amide bonds. The normalized spacial score (nSPS) is 16.4. The van der Waals surface area contributed by atoms with Crippen LogP contribution in [-0.4, -0.2) is 43.5 Å². The predicted octanol–water partition coefficient (Wildman–Crippen LogP) is 2.75. The molecule has 5 rings (SSSR count). The number of rotatable bonds is 5. The van der Waals surface area contributed by atoms with Crippen molar-refractivity contribution in [1.29, 1.82) is 0 Å². The van der Waals surface area contributed by atoms with E-state index in [-0.39, 0.29) is 23.8 Å². The first kappa shape index (κ1) is 22.4. The van der Waals surface area contributed by atoms with E-state index in [1.54, 1.807) is 12.1 Å². The smallest absolute Gasteiger partial charge is 0.252 e. The average molecular weight is 484 g/mol. The van der Waals surface area contributed by atoms with Crippen LogP contribution in [0.2, 0.25) is 0 Å². The predicted molar refractivity (Wildman–Crippen MR) is 126 cm³/mol. The van der Waals surface area contributed by atoms with Gasteiger partial charge >= 0.3 is 0 Å². The molecule has 10 heteroatoms. The number of sulfonamides is 1. The van der Waals surface area contributed by atoms with E-state index in [1.807, 2.05) is 6.07 Å². The van der Waals surface area contributed by atoms with Crippen molar-refractivity contribution in [3.8, 4) is 11.5 Å². The second-order valence-corrected chi connectivity index (χ2v) is 10.4. The van der Waals surface area contributed by atoms with Gasteiger partial charge in [0.05, 0.1) is 10.5 Å². The van der Waals surface area contributed by atoms with E-state index in [4.69, 9.17) is 9.47 Å². The number of pyridine rings is 1. The number of carbonyl (C=O) groups excluding carboxylic acids is 1. The van der Waals surface area contributed by atoms with E-state index in [1.165, 1.54) is 28.6 Å². The van der Waals surface area contributed by atoms with Crippen LogP contribution in [0.1, 0.15) is 41.6 Å². The summed E-state index contributed by atoms with van der Waals surface area (Å²) in [6, 6.07) is 11.1. The number of benzene rings is 2. The van der Waals surface area contributed by atoms with Gasteiger partial charge in [0.1, 0.15) is 0 Å². The van der Waals surface area contributed by atoms with Crippen molar-refractivity contribution in [3.63, 3.8) is 0 Å². The Morgan fingerprint density at radius 3 is 2.53 bits per heavy atom. The number of aromatic nitrogens is 1. The molecule has 0 radical (unpaired) electrons. The van der Waals surface area contributed by atoms with Crippen LogP contribution < -0.4 is 20.3 Å². The molecule has 1 aromatic heterocycles. The largest absolute Gasteiger partial charge is 0.454 e. The Hall–Kier alpha value is -3.37. The zero-order valence-corrected chi connectivity index (χ0v) is 19.3. The van der Waals surface area contributed by atoms with Crippen LogP contribution in [0.4, 0.5) is 0 Å². The summed E-state index contributed by atoms with van der Waals surface area (Å²) in [6.07, 6.45) is 3.68. The molecule has 0 bridgehead atoms. The van der Waals surface area contributed by atoms with Crippen LogP contribution in [0, 0.1) is 0 Å². The van der Waals surface area contributed by atoms with E-state index in [9.17, 15) is 18.0 Å². The molecule has 178 valence electrons. The third kappa shape index (κ3) is 4.38. The van der Waals surface area contributed by atoms with Crippen LogP contribution in [-0.2, 0) is 16.6 Å². The molecule has 3 aromatic rings. The van der Waals surface area contributed by atoms with Gasteiger partial charge in [-0.1, -0.05) is 18.9 Å². The van der Waals surface area contributed by atoms with Crippen molar-refractivity contribution in [2.45, 2.75) is 37.1 Å². The number of aromatic amines is 1. The van der Waals surface area contributed by atoms with Crippen LogP contribution in [0.15, 0.2) is 52.2 Å². The molecule has 0 aliphatic carbocycles. The van der Waals surface area contributed by atoms with E-state index in [0.717, 1.165) is 31.2 Å². The highest BCUT2D eigenvalue weighted by Gasteiger charge is 2.26. The molecule has 9 nitrogen and oxygen atoms in total. The fourth-order valence-corrected chi connectivity index (χ4v) is 5.88. The van der Waals surface area contributed by atoms with Gasteiger partial charge in [0.25, 0.3) is 5.91 Å². The van der Waals surface area contributed by atoms with Crippen molar-refractivity contribution >= 4 is 26.8 Å². The van der Waals surface area contributed by atoms with Crippen molar-refractivity contribution in [2.24, 2.45) is 0 Å². The lowest BCUT2D eigenvalue weighted by Gasteiger charge is -2.20.